The van der Waals surface area contributed by atoms with Gasteiger partial charge in [-0.15, -0.1) is 0 Å². The van der Waals surface area contributed by atoms with Gasteiger partial charge in [-0.1, -0.05) is 27.7 Å². The molecule has 6 heteroatoms. The number of hydrogen-bond acceptors (Lipinski definition) is 3. The summed E-state index contributed by atoms with van der Waals surface area (Å²) in [6.07, 6.45) is 1.04. The minimum atomic E-state index is -0.0237. The number of likely N-dealkylation sites (N-methyl/N-ethyl adjacent to an activating group) is 1. The maximum atomic E-state index is 11.7. The number of aliphatic imine (C=N–C) groups is 1. The standard InChI is InChI=1S/C16H34N4O2/c1-9-12(2)19-15(18-11-14(21)20(6)7)17-10-13(22-8)16(3,4)5/h12-13H,9-11H2,1-8H3,(H2,17,18,19). The molecule has 22 heavy (non-hydrogen) atoms. The number of ether oxygens (including phenoxy) is 1. The van der Waals surface area contributed by atoms with E-state index in [2.05, 4.69) is 50.2 Å². The van der Waals surface area contributed by atoms with E-state index < -0.39 is 0 Å². The van der Waals surface area contributed by atoms with Crippen LogP contribution in [0, 0.1) is 5.41 Å². The number of nitrogens with zero attached hydrogens (tertiary/aromatic N) is 2. The molecule has 0 radical (unpaired) electrons. The van der Waals surface area contributed by atoms with Gasteiger partial charge in [0.05, 0.1) is 6.10 Å². The zero-order chi connectivity index (χ0) is 17.3. The van der Waals surface area contributed by atoms with E-state index in [0.29, 0.717) is 12.5 Å². The van der Waals surface area contributed by atoms with Crippen molar-refractivity contribution in [3.8, 4) is 0 Å². The zero-order valence-electron chi connectivity index (χ0n) is 15.5. The Hall–Kier alpha value is -1.30. The van der Waals surface area contributed by atoms with Crippen molar-refractivity contribution in [2.24, 2.45) is 10.4 Å². The highest BCUT2D eigenvalue weighted by Gasteiger charge is 2.24. The molecule has 2 atom stereocenters. The Labute approximate surface area is 135 Å². The second-order valence-electron chi connectivity index (χ2n) is 6.88. The number of nitrogens with one attached hydrogen (secondary N) is 2. The minimum Gasteiger partial charge on any atom is -0.379 e. The molecule has 0 aromatic rings. The van der Waals surface area contributed by atoms with E-state index >= 15 is 0 Å². The van der Waals surface area contributed by atoms with Crippen LogP contribution in [0.2, 0.25) is 0 Å². The molecule has 2 unspecified atom stereocenters. The lowest BCUT2D eigenvalue weighted by molar-refractivity contribution is -0.127. The van der Waals surface area contributed by atoms with Crippen LogP contribution in [0.5, 0.6) is 0 Å². The van der Waals surface area contributed by atoms with Crippen molar-refractivity contribution in [2.75, 3.05) is 34.3 Å². The van der Waals surface area contributed by atoms with Crippen molar-refractivity contribution in [3.05, 3.63) is 0 Å². The molecule has 0 aromatic heterocycles. The Morgan fingerprint density at radius 2 is 1.91 bits per heavy atom. The number of guanidine groups is 1. The average molecular weight is 314 g/mol. The van der Waals surface area contributed by atoms with Crippen LogP contribution < -0.4 is 10.6 Å². The fourth-order valence-corrected chi connectivity index (χ4v) is 1.71. The highest BCUT2D eigenvalue weighted by molar-refractivity contribution is 5.84. The lowest BCUT2D eigenvalue weighted by atomic mass is 9.89. The Morgan fingerprint density at radius 1 is 1.32 bits per heavy atom. The lowest BCUT2D eigenvalue weighted by Crippen LogP contribution is -2.47. The van der Waals surface area contributed by atoms with E-state index in [1.165, 1.54) is 4.90 Å². The van der Waals surface area contributed by atoms with Crippen molar-refractivity contribution in [1.29, 1.82) is 0 Å². The van der Waals surface area contributed by atoms with Crippen molar-refractivity contribution in [2.45, 2.75) is 53.2 Å². The van der Waals surface area contributed by atoms with E-state index in [9.17, 15) is 4.79 Å². The molecule has 0 saturated carbocycles. The molecule has 0 aliphatic carbocycles. The summed E-state index contributed by atoms with van der Waals surface area (Å²) in [4.78, 5) is 17.6. The minimum absolute atomic E-state index is 0.0237. The smallest absolute Gasteiger partial charge is 0.243 e. The molecular formula is C16H34N4O2. The van der Waals surface area contributed by atoms with Crippen molar-refractivity contribution in [1.82, 2.24) is 15.5 Å². The van der Waals surface area contributed by atoms with Crippen LogP contribution in [0.25, 0.3) is 0 Å². The summed E-state index contributed by atoms with van der Waals surface area (Å²) < 4.78 is 5.54. The second kappa shape index (κ2) is 9.66. The van der Waals surface area contributed by atoms with Gasteiger partial charge in [-0.2, -0.15) is 0 Å². The topological polar surface area (TPSA) is 66.0 Å². The van der Waals surface area contributed by atoms with E-state index in [4.69, 9.17) is 4.74 Å². The number of carbonyl (C=O) groups excluding carboxylic acids is 1. The average Bonchev–Trinajstić information content (AvgIpc) is 2.42. The highest BCUT2D eigenvalue weighted by atomic mass is 16.5. The number of hydrogen-bond donors (Lipinski definition) is 2. The van der Waals surface area contributed by atoms with Crippen molar-refractivity contribution in [3.63, 3.8) is 0 Å². The fourth-order valence-electron chi connectivity index (χ4n) is 1.71. The number of rotatable bonds is 7. The molecule has 6 nitrogen and oxygen atoms in total. The highest BCUT2D eigenvalue weighted by Crippen LogP contribution is 2.20. The molecule has 0 bridgehead atoms. The van der Waals surface area contributed by atoms with Gasteiger partial charge < -0.3 is 20.3 Å². The predicted molar refractivity (Wildman–Crippen MR) is 92.1 cm³/mol. The summed E-state index contributed by atoms with van der Waals surface area (Å²) in [5.41, 5.74) is 0.0304. The van der Waals surface area contributed by atoms with Crippen LogP contribution in [0.1, 0.15) is 41.0 Å². The molecule has 2 N–H and O–H groups in total. The summed E-state index contributed by atoms with van der Waals surface area (Å²) in [6, 6.07) is 0.288. The molecule has 1 amide bonds. The molecule has 0 aliphatic heterocycles. The number of amides is 1. The van der Waals surface area contributed by atoms with Crippen LogP contribution in [-0.2, 0) is 9.53 Å². The predicted octanol–water partition coefficient (Wildman–Crippen LogP) is 1.47. The van der Waals surface area contributed by atoms with Gasteiger partial charge >= 0.3 is 0 Å². The monoisotopic (exact) mass is 314 g/mol. The lowest BCUT2D eigenvalue weighted by Gasteiger charge is -2.30. The molecule has 0 aliphatic rings. The Balaban J connectivity index is 4.79. The quantitative estimate of drug-likeness (QED) is 0.552. The molecule has 0 saturated heterocycles. The first-order chi connectivity index (χ1) is 10.1. The normalized spacial score (nSPS) is 15.2. The zero-order valence-corrected chi connectivity index (χ0v) is 15.5. The molecule has 0 aromatic carbocycles. The van der Waals surface area contributed by atoms with Crippen LogP contribution in [0.15, 0.2) is 4.99 Å². The molecule has 0 fully saturated rings. The summed E-state index contributed by atoms with van der Waals surface area (Å²) in [6.45, 7) is 11.4. The third kappa shape index (κ3) is 8.22. The first-order valence-electron chi connectivity index (χ1n) is 7.89. The Bertz CT molecular complexity index is 362. The Kier molecular flexibility index (Phi) is 9.09. The van der Waals surface area contributed by atoms with Gasteiger partial charge in [0, 0.05) is 33.8 Å². The van der Waals surface area contributed by atoms with E-state index in [-0.39, 0.29) is 30.0 Å². The maximum absolute atomic E-state index is 11.7. The molecular weight excluding hydrogens is 280 g/mol. The van der Waals surface area contributed by atoms with Crippen molar-refractivity contribution >= 4 is 11.9 Å². The molecule has 0 heterocycles. The molecule has 0 spiro atoms. The van der Waals surface area contributed by atoms with Crippen LogP contribution in [-0.4, -0.2) is 63.2 Å². The van der Waals surface area contributed by atoms with Gasteiger partial charge in [0.1, 0.15) is 6.54 Å². The summed E-state index contributed by atoms with van der Waals surface area (Å²) in [5, 5.41) is 6.58. The first-order valence-corrected chi connectivity index (χ1v) is 7.89. The van der Waals surface area contributed by atoms with Crippen LogP contribution in [0.3, 0.4) is 0 Å². The van der Waals surface area contributed by atoms with Gasteiger partial charge in [-0.25, -0.2) is 4.99 Å². The van der Waals surface area contributed by atoms with E-state index in [0.717, 1.165) is 6.42 Å². The maximum Gasteiger partial charge on any atom is 0.243 e. The fraction of sp³-hybridized carbons (Fsp3) is 0.875. The van der Waals surface area contributed by atoms with Gasteiger partial charge in [-0.3, -0.25) is 4.79 Å². The van der Waals surface area contributed by atoms with E-state index in [1.54, 1.807) is 21.2 Å². The van der Waals surface area contributed by atoms with Gasteiger partial charge in [0.2, 0.25) is 5.91 Å². The van der Waals surface area contributed by atoms with Gasteiger partial charge in [0.15, 0.2) is 5.96 Å². The third-order valence-electron chi connectivity index (χ3n) is 3.57. The van der Waals surface area contributed by atoms with Crippen LogP contribution in [0.4, 0.5) is 0 Å². The summed E-state index contributed by atoms with van der Waals surface area (Å²) >= 11 is 0. The molecule has 0 rings (SSSR count). The van der Waals surface area contributed by atoms with Crippen molar-refractivity contribution < 1.29 is 9.53 Å². The third-order valence-corrected chi connectivity index (χ3v) is 3.57. The number of methoxy groups -OCH3 is 1. The van der Waals surface area contributed by atoms with E-state index in [1.807, 2.05) is 0 Å². The molecule has 130 valence electrons. The SMILES string of the molecule is CCC(C)NC(=NCC(=O)N(C)C)NCC(OC)C(C)(C)C. The number of carbonyl (C=O) groups is 1. The second-order valence-corrected chi connectivity index (χ2v) is 6.88. The largest absolute Gasteiger partial charge is 0.379 e. The van der Waals surface area contributed by atoms with Gasteiger partial charge in [-0.05, 0) is 18.8 Å². The Morgan fingerprint density at radius 3 is 2.32 bits per heavy atom. The van der Waals surface area contributed by atoms with Crippen LogP contribution >= 0.6 is 0 Å². The summed E-state index contributed by atoms with van der Waals surface area (Å²) in [7, 11) is 5.17. The summed E-state index contributed by atoms with van der Waals surface area (Å²) in [5.74, 6) is 0.625. The van der Waals surface area contributed by atoms with Gasteiger partial charge in [0.25, 0.3) is 0 Å². The first kappa shape index (κ1) is 20.7.